The maximum atomic E-state index is 13.4. The van der Waals surface area contributed by atoms with E-state index in [2.05, 4.69) is 5.32 Å². The van der Waals surface area contributed by atoms with Crippen LogP contribution in [0.2, 0.25) is 0 Å². The van der Waals surface area contributed by atoms with Gasteiger partial charge < -0.3 is 10.1 Å². The summed E-state index contributed by atoms with van der Waals surface area (Å²) in [5.41, 5.74) is -0.482. The highest BCUT2D eigenvalue weighted by atomic mass is 35.7. The number of carbonyl (C=O) groups excluding carboxylic acids is 1. The van der Waals surface area contributed by atoms with Crippen molar-refractivity contribution in [3.63, 3.8) is 0 Å². The number of halogens is 2. The van der Waals surface area contributed by atoms with E-state index in [1.165, 1.54) is 6.07 Å². The second-order valence-electron chi connectivity index (χ2n) is 4.90. The van der Waals surface area contributed by atoms with Crippen molar-refractivity contribution in [1.82, 2.24) is 5.32 Å². The molecule has 1 heterocycles. The predicted molar refractivity (Wildman–Crippen MR) is 70.7 cm³/mol. The minimum absolute atomic E-state index is 0.0266. The Kier molecular flexibility index (Phi) is 4.04. The van der Waals surface area contributed by atoms with Crippen LogP contribution in [0.5, 0.6) is 0 Å². The summed E-state index contributed by atoms with van der Waals surface area (Å²) in [5.74, 6) is -1.49. The van der Waals surface area contributed by atoms with E-state index in [1.54, 1.807) is 0 Å². The monoisotopic (exact) mass is 321 g/mol. The van der Waals surface area contributed by atoms with Crippen LogP contribution in [0.25, 0.3) is 0 Å². The standard InChI is InChI=1S/C12H13ClFNO4S/c1-12(4-5-19-7-12)15-11(16)8-2-3-9(14)10(6-8)20(13,17)18/h2-3,6H,4-5,7H2,1H3,(H,15,16). The Morgan fingerprint density at radius 2 is 2.20 bits per heavy atom. The number of hydrogen-bond donors (Lipinski definition) is 1. The van der Waals surface area contributed by atoms with Crippen LogP contribution in [0.3, 0.4) is 0 Å². The number of carbonyl (C=O) groups is 1. The fraction of sp³-hybridized carbons (Fsp3) is 0.417. The number of nitrogens with one attached hydrogen (secondary N) is 1. The first-order chi connectivity index (χ1) is 9.21. The van der Waals surface area contributed by atoms with Crippen molar-refractivity contribution in [2.45, 2.75) is 23.8 Å². The first kappa shape index (κ1) is 15.2. The van der Waals surface area contributed by atoms with Crippen LogP contribution in [0.4, 0.5) is 4.39 Å². The summed E-state index contributed by atoms with van der Waals surface area (Å²) in [4.78, 5) is 11.4. The molecule has 8 heteroatoms. The van der Waals surface area contributed by atoms with E-state index in [0.29, 0.717) is 19.6 Å². The van der Waals surface area contributed by atoms with Gasteiger partial charge in [-0.2, -0.15) is 0 Å². The van der Waals surface area contributed by atoms with E-state index in [1.807, 2.05) is 6.92 Å². The lowest BCUT2D eigenvalue weighted by molar-refractivity contribution is 0.0889. The van der Waals surface area contributed by atoms with Gasteiger partial charge in [-0.25, -0.2) is 12.8 Å². The maximum Gasteiger partial charge on any atom is 0.264 e. The average molecular weight is 322 g/mol. The van der Waals surface area contributed by atoms with Crippen LogP contribution in [-0.4, -0.2) is 33.1 Å². The third-order valence-electron chi connectivity index (χ3n) is 3.09. The van der Waals surface area contributed by atoms with Crippen molar-refractivity contribution in [2.75, 3.05) is 13.2 Å². The summed E-state index contributed by atoms with van der Waals surface area (Å²) < 4.78 is 41.0. The lowest BCUT2D eigenvalue weighted by Gasteiger charge is -2.23. The van der Waals surface area contributed by atoms with E-state index < -0.39 is 31.2 Å². The van der Waals surface area contributed by atoms with Gasteiger partial charge in [0.25, 0.3) is 15.0 Å². The van der Waals surface area contributed by atoms with Crippen molar-refractivity contribution in [2.24, 2.45) is 0 Å². The number of amides is 1. The molecule has 1 saturated heterocycles. The molecule has 1 N–H and O–H groups in total. The molecule has 0 aromatic heterocycles. The molecule has 2 rings (SSSR count). The van der Waals surface area contributed by atoms with Crippen LogP contribution < -0.4 is 5.32 Å². The molecule has 0 spiro atoms. The van der Waals surface area contributed by atoms with Gasteiger partial charge in [0, 0.05) is 22.9 Å². The molecular weight excluding hydrogens is 309 g/mol. The van der Waals surface area contributed by atoms with Gasteiger partial charge in [0.05, 0.1) is 12.1 Å². The first-order valence-corrected chi connectivity index (χ1v) is 8.17. The highest BCUT2D eigenvalue weighted by Gasteiger charge is 2.32. The second-order valence-corrected chi connectivity index (χ2v) is 7.43. The molecule has 1 atom stereocenters. The van der Waals surface area contributed by atoms with E-state index >= 15 is 0 Å². The Hall–Kier alpha value is -1.18. The van der Waals surface area contributed by atoms with Crippen LogP contribution in [0.1, 0.15) is 23.7 Å². The van der Waals surface area contributed by atoms with Gasteiger partial charge in [0.15, 0.2) is 0 Å². The summed E-state index contributed by atoms with van der Waals surface area (Å²) in [7, 11) is 0.879. The molecule has 1 fully saturated rings. The Morgan fingerprint density at radius 3 is 2.75 bits per heavy atom. The fourth-order valence-electron chi connectivity index (χ4n) is 1.94. The third kappa shape index (κ3) is 3.28. The molecule has 110 valence electrons. The van der Waals surface area contributed by atoms with E-state index in [-0.39, 0.29) is 5.56 Å². The topological polar surface area (TPSA) is 72.5 Å². The molecule has 1 aromatic rings. The molecule has 1 aliphatic rings. The highest BCUT2D eigenvalue weighted by molar-refractivity contribution is 8.13. The molecule has 0 radical (unpaired) electrons. The molecule has 0 aliphatic carbocycles. The lowest BCUT2D eigenvalue weighted by Crippen LogP contribution is -2.46. The lowest BCUT2D eigenvalue weighted by atomic mass is 10.0. The molecule has 1 amide bonds. The maximum absolute atomic E-state index is 13.4. The zero-order chi connectivity index (χ0) is 15.0. The number of hydrogen-bond acceptors (Lipinski definition) is 4. The van der Waals surface area contributed by atoms with E-state index in [0.717, 1.165) is 12.1 Å². The normalized spacial score (nSPS) is 22.8. The molecule has 0 saturated carbocycles. The highest BCUT2D eigenvalue weighted by Crippen LogP contribution is 2.22. The van der Waals surface area contributed by atoms with Gasteiger partial charge in [-0.15, -0.1) is 0 Å². The zero-order valence-corrected chi connectivity index (χ0v) is 12.2. The Balaban J connectivity index is 2.27. The summed E-state index contributed by atoms with van der Waals surface area (Å²) in [6.45, 7) is 2.74. The average Bonchev–Trinajstić information content (AvgIpc) is 2.74. The van der Waals surface area contributed by atoms with Crippen LogP contribution in [-0.2, 0) is 13.8 Å². The summed E-state index contributed by atoms with van der Waals surface area (Å²) in [6, 6.07) is 3.03. The zero-order valence-electron chi connectivity index (χ0n) is 10.7. The van der Waals surface area contributed by atoms with Crippen LogP contribution >= 0.6 is 10.7 Å². The Bertz CT molecular complexity index is 641. The molecular formula is C12H13ClFNO4S. The summed E-state index contributed by atoms with van der Waals surface area (Å²) in [6.07, 6.45) is 0.653. The number of rotatable bonds is 3. The second kappa shape index (κ2) is 5.31. The van der Waals surface area contributed by atoms with Crippen LogP contribution in [0.15, 0.2) is 23.1 Å². The van der Waals surface area contributed by atoms with Gasteiger partial charge in [0.2, 0.25) is 0 Å². The SMILES string of the molecule is CC1(NC(=O)c2ccc(F)c(S(=O)(=O)Cl)c2)CCOC1. The Labute approximate surface area is 120 Å². The molecule has 1 aromatic carbocycles. The predicted octanol–water partition coefficient (Wildman–Crippen LogP) is 1.66. The van der Waals surface area contributed by atoms with Gasteiger partial charge >= 0.3 is 0 Å². The summed E-state index contributed by atoms with van der Waals surface area (Å²) in [5, 5.41) is 2.75. The molecule has 20 heavy (non-hydrogen) atoms. The number of benzene rings is 1. The minimum Gasteiger partial charge on any atom is -0.379 e. The molecule has 5 nitrogen and oxygen atoms in total. The molecule has 0 bridgehead atoms. The van der Waals surface area contributed by atoms with Crippen molar-refractivity contribution in [1.29, 1.82) is 0 Å². The molecule has 1 unspecified atom stereocenters. The van der Waals surface area contributed by atoms with Crippen molar-refractivity contribution >= 4 is 25.6 Å². The van der Waals surface area contributed by atoms with Crippen molar-refractivity contribution in [3.8, 4) is 0 Å². The van der Waals surface area contributed by atoms with Crippen molar-refractivity contribution < 1.29 is 22.3 Å². The van der Waals surface area contributed by atoms with E-state index in [9.17, 15) is 17.6 Å². The largest absolute Gasteiger partial charge is 0.379 e. The van der Waals surface area contributed by atoms with Gasteiger partial charge in [-0.05, 0) is 31.5 Å². The Morgan fingerprint density at radius 1 is 1.50 bits per heavy atom. The van der Waals surface area contributed by atoms with E-state index in [4.69, 9.17) is 15.4 Å². The first-order valence-electron chi connectivity index (χ1n) is 5.86. The van der Waals surface area contributed by atoms with Gasteiger partial charge in [-0.1, -0.05) is 0 Å². The van der Waals surface area contributed by atoms with Gasteiger partial charge in [0.1, 0.15) is 10.7 Å². The smallest absolute Gasteiger partial charge is 0.264 e. The van der Waals surface area contributed by atoms with Gasteiger partial charge in [-0.3, -0.25) is 4.79 Å². The number of ether oxygens (including phenoxy) is 1. The fourth-order valence-corrected chi connectivity index (χ4v) is 2.87. The minimum atomic E-state index is -4.24. The third-order valence-corrected chi connectivity index (χ3v) is 4.43. The quantitative estimate of drug-likeness (QED) is 0.859. The molecule has 1 aliphatic heterocycles. The summed E-state index contributed by atoms with van der Waals surface area (Å²) >= 11 is 0. The van der Waals surface area contributed by atoms with Crippen molar-refractivity contribution in [3.05, 3.63) is 29.6 Å². The van der Waals surface area contributed by atoms with Crippen LogP contribution in [0, 0.1) is 5.82 Å².